The van der Waals surface area contributed by atoms with Gasteiger partial charge in [0.05, 0.1) is 6.42 Å². The van der Waals surface area contributed by atoms with Gasteiger partial charge >= 0.3 is 0 Å². The van der Waals surface area contributed by atoms with Crippen LogP contribution in [0.3, 0.4) is 0 Å². The van der Waals surface area contributed by atoms with Crippen LogP contribution in [0.4, 0.5) is 0 Å². The normalized spacial score (nSPS) is 18.9. The Kier molecular flexibility index (Phi) is 4.78. The van der Waals surface area contributed by atoms with Crippen LogP contribution >= 0.6 is 15.9 Å². The lowest BCUT2D eigenvalue weighted by molar-refractivity contribution is -0.120. The fraction of sp³-hybridized carbons (Fsp3) is 0.500. The summed E-state index contributed by atoms with van der Waals surface area (Å²) in [7, 11) is 0. The van der Waals surface area contributed by atoms with Crippen molar-refractivity contribution in [2.24, 2.45) is 5.92 Å². The van der Waals surface area contributed by atoms with Crippen LogP contribution in [-0.2, 0) is 11.2 Å². The molecule has 1 aliphatic rings. The van der Waals surface area contributed by atoms with Crippen molar-refractivity contribution in [1.82, 2.24) is 10.6 Å². The Morgan fingerprint density at radius 3 is 3.11 bits per heavy atom. The molecule has 18 heavy (non-hydrogen) atoms. The Morgan fingerprint density at radius 1 is 1.56 bits per heavy atom. The van der Waals surface area contributed by atoms with Crippen LogP contribution < -0.4 is 10.6 Å². The quantitative estimate of drug-likeness (QED) is 0.893. The van der Waals surface area contributed by atoms with Crippen LogP contribution in [0.5, 0.6) is 0 Å². The molecule has 1 atom stereocenters. The van der Waals surface area contributed by atoms with Gasteiger partial charge in [-0.25, -0.2) is 0 Å². The van der Waals surface area contributed by atoms with Gasteiger partial charge in [0.15, 0.2) is 0 Å². The van der Waals surface area contributed by atoms with E-state index in [0.717, 1.165) is 41.7 Å². The molecule has 3 nitrogen and oxygen atoms in total. The first-order valence-corrected chi connectivity index (χ1v) is 7.17. The zero-order chi connectivity index (χ0) is 13.0. The van der Waals surface area contributed by atoms with Gasteiger partial charge in [-0.3, -0.25) is 4.79 Å². The highest BCUT2D eigenvalue weighted by Crippen LogP contribution is 2.16. The molecular formula is C14H19BrN2O. The van der Waals surface area contributed by atoms with Crippen molar-refractivity contribution in [2.75, 3.05) is 19.6 Å². The van der Waals surface area contributed by atoms with Crippen LogP contribution in [0.15, 0.2) is 22.7 Å². The van der Waals surface area contributed by atoms with Crippen molar-refractivity contribution in [3.63, 3.8) is 0 Å². The lowest BCUT2D eigenvalue weighted by atomic mass is 10.1. The summed E-state index contributed by atoms with van der Waals surface area (Å²) >= 11 is 3.44. The van der Waals surface area contributed by atoms with E-state index < -0.39 is 0 Å². The number of rotatable bonds is 4. The van der Waals surface area contributed by atoms with E-state index in [1.807, 2.05) is 25.1 Å². The summed E-state index contributed by atoms with van der Waals surface area (Å²) in [6.07, 6.45) is 1.63. The molecule has 1 aliphatic heterocycles. The van der Waals surface area contributed by atoms with Gasteiger partial charge in [0.1, 0.15) is 0 Å². The number of benzene rings is 1. The van der Waals surface area contributed by atoms with Crippen LogP contribution in [0, 0.1) is 12.8 Å². The molecule has 0 spiro atoms. The van der Waals surface area contributed by atoms with E-state index in [1.165, 1.54) is 0 Å². The first-order valence-electron chi connectivity index (χ1n) is 6.37. The second-order valence-corrected chi connectivity index (χ2v) is 5.83. The van der Waals surface area contributed by atoms with E-state index in [-0.39, 0.29) is 5.91 Å². The molecular weight excluding hydrogens is 292 g/mol. The smallest absolute Gasteiger partial charge is 0.224 e. The van der Waals surface area contributed by atoms with Crippen LogP contribution in [-0.4, -0.2) is 25.5 Å². The largest absolute Gasteiger partial charge is 0.355 e. The molecule has 0 bridgehead atoms. The van der Waals surface area contributed by atoms with Crippen molar-refractivity contribution in [2.45, 2.75) is 19.8 Å². The molecule has 1 amide bonds. The number of aryl methyl sites for hydroxylation is 1. The van der Waals surface area contributed by atoms with Crippen LogP contribution in [0.2, 0.25) is 0 Å². The number of carbonyl (C=O) groups excluding carboxylic acids is 1. The predicted molar refractivity (Wildman–Crippen MR) is 76.6 cm³/mol. The minimum Gasteiger partial charge on any atom is -0.355 e. The van der Waals surface area contributed by atoms with E-state index in [2.05, 4.69) is 26.6 Å². The van der Waals surface area contributed by atoms with E-state index in [0.29, 0.717) is 12.3 Å². The summed E-state index contributed by atoms with van der Waals surface area (Å²) < 4.78 is 1.02. The maximum Gasteiger partial charge on any atom is 0.224 e. The molecule has 4 heteroatoms. The molecule has 1 saturated heterocycles. The lowest BCUT2D eigenvalue weighted by Gasteiger charge is -2.11. The van der Waals surface area contributed by atoms with Crippen molar-refractivity contribution in [1.29, 1.82) is 0 Å². The van der Waals surface area contributed by atoms with Crippen molar-refractivity contribution >= 4 is 21.8 Å². The maximum absolute atomic E-state index is 11.9. The third kappa shape index (κ3) is 3.82. The minimum absolute atomic E-state index is 0.114. The molecule has 2 N–H and O–H groups in total. The highest BCUT2D eigenvalue weighted by Gasteiger charge is 2.15. The Morgan fingerprint density at radius 2 is 2.39 bits per heavy atom. The standard InChI is InChI=1S/C14H19BrN2O/c1-10-2-3-13(15)6-12(10)7-14(18)17-9-11-4-5-16-8-11/h2-3,6,11,16H,4-5,7-9H2,1H3,(H,17,18). The van der Waals surface area contributed by atoms with Crippen LogP contribution in [0.1, 0.15) is 17.5 Å². The molecule has 1 aromatic carbocycles. The summed E-state index contributed by atoms with van der Waals surface area (Å²) in [5.41, 5.74) is 2.25. The van der Waals surface area contributed by atoms with Gasteiger partial charge in [-0.05, 0) is 55.6 Å². The van der Waals surface area contributed by atoms with Gasteiger partial charge in [0.2, 0.25) is 5.91 Å². The molecule has 1 fully saturated rings. The third-order valence-electron chi connectivity index (χ3n) is 3.41. The fourth-order valence-electron chi connectivity index (χ4n) is 2.21. The number of amides is 1. The Bertz CT molecular complexity index is 428. The molecule has 1 aromatic rings. The Hall–Kier alpha value is -0.870. The number of nitrogens with one attached hydrogen (secondary N) is 2. The topological polar surface area (TPSA) is 41.1 Å². The van der Waals surface area contributed by atoms with Gasteiger partial charge < -0.3 is 10.6 Å². The summed E-state index contributed by atoms with van der Waals surface area (Å²) in [5.74, 6) is 0.709. The SMILES string of the molecule is Cc1ccc(Br)cc1CC(=O)NCC1CCNC1. The number of hydrogen-bond donors (Lipinski definition) is 2. The van der Waals surface area contributed by atoms with Crippen molar-refractivity contribution in [3.05, 3.63) is 33.8 Å². The van der Waals surface area contributed by atoms with Crippen LogP contribution in [0.25, 0.3) is 0 Å². The first-order chi connectivity index (χ1) is 8.65. The van der Waals surface area contributed by atoms with Gasteiger partial charge in [-0.2, -0.15) is 0 Å². The number of hydrogen-bond acceptors (Lipinski definition) is 2. The lowest BCUT2D eigenvalue weighted by Crippen LogP contribution is -2.31. The highest BCUT2D eigenvalue weighted by atomic mass is 79.9. The summed E-state index contributed by atoms with van der Waals surface area (Å²) in [6, 6.07) is 6.06. The molecule has 98 valence electrons. The molecule has 1 heterocycles. The van der Waals surface area contributed by atoms with Crippen molar-refractivity contribution in [3.8, 4) is 0 Å². The Balaban J connectivity index is 1.84. The number of carbonyl (C=O) groups is 1. The fourth-order valence-corrected chi connectivity index (χ4v) is 2.62. The maximum atomic E-state index is 11.9. The molecule has 2 rings (SSSR count). The summed E-state index contributed by atoms with van der Waals surface area (Å²) in [6.45, 7) is 4.93. The molecule has 1 unspecified atom stereocenters. The molecule has 0 aliphatic carbocycles. The Labute approximate surface area is 116 Å². The molecule has 0 radical (unpaired) electrons. The summed E-state index contributed by atoms with van der Waals surface area (Å²) in [5, 5.41) is 6.33. The highest BCUT2D eigenvalue weighted by molar-refractivity contribution is 9.10. The van der Waals surface area contributed by atoms with E-state index in [9.17, 15) is 4.79 Å². The minimum atomic E-state index is 0.114. The monoisotopic (exact) mass is 310 g/mol. The molecule has 0 saturated carbocycles. The predicted octanol–water partition coefficient (Wildman–Crippen LogP) is 2.03. The second-order valence-electron chi connectivity index (χ2n) is 4.91. The third-order valence-corrected chi connectivity index (χ3v) is 3.91. The molecule has 0 aromatic heterocycles. The van der Waals surface area contributed by atoms with Gasteiger partial charge in [0, 0.05) is 11.0 Å². The average molecular weight is 311 g/mol. The number of halogens is 1. The van der Waals surface area contributed by atoms with Gasteiger partial charge in [0.25, 0.3) is 0 Å². The summed E-state index contributed by atoms with van der Waals surface area (Å²) in [4.78, 5) is 11.9. The zero-order valence-corrected chi connectivity index (χ0v) is 12.2. The van der Waals surface area contributed by atoms with Gasteiger partial charge in [-0.15, -0.1) is 0 Å². The van der Waals surface area contributed by atoms with E-state index in [4.69, 9.17) is 0 Å². The van der Waals surface area contributed by atoms with E-state index in [1.54, 1.807) is 0 Å². The van der Waals surface area contributed by atoms with Gasteiger partial charge in [-0.1, -0.05) is 22.0 Å². The van der Waals surface area contributed by atoms with E-state index >= 15 is 0 Å². The first kappa shape index (κ1) is 13.6. The zero-order valence-electron chi connectivity index (χ0n) is 10.6. The second kappa shape index (κ2) is 6.34. The van der Waals surface area contributed by atoms with Crippen molar-refractivity contribution < 1.29 is 4.79 Å². The average Bonchev–Trinajstić information content (AvgIpc) is 2.84.